The molecule has 2 rings (SSSR count). The van der Waals surface area contributed by atoms with E-state index in [1.807, 2.05) is 12.1 Å². The highest BCUT2D eigenvalue weighted by Crippen LogP contribution is 2.14. The standard InChI is InChI=1S/C19H25N3O5/c1-13(19(25)22-10-16(11-22)27-12-18(24)20-2)21-17(23)9-6-14-4-7-15(26-3)8-5-14/h4-9,13,16H,10-12H2,1-3H3,(H,20,24)(H,21,23)/b9-6+. The van der Waals surface area contributed by atoms with E-state index < -0.39 is 6.04 Å². The number of carbonyl (C=O) groups is 3. The molecule has 0 saturated carbocycles. The summed E-state index contributed by atoms with van der Waals surface area (Å²) in [5.41, 5.74) is 0.851. The van der Waals surface area contributed by atoms with Crippen LogP contribution in [0.15, 0.2) is 30.3 Å². The Bertz CT molecular complexity index is 696. The Hall–Kier alpha value is -2.87. The molecule has 0 spiro atoms. The lowest BCUT2D eigenvalue weighted by Crippen LogP contribution is -2.59. The van der Waals surface area contributed by atoms with E-state index in [0.717, 1.165) is 11.3 Å². The lowest BCUT2D eigenvalue weighted by atomic mass is 10.1. The van der Waals surface area contributed by atoms with Gasteiger partial charge in [-0.25, -0.2) is 0 Å². The van der Waals surface area contributed by atoms with Crippen molar-refractivity contribution < 1.29 is 23.9 Å². The molecule has 0 aromatic heterocycles. The number of nitrogens with one attached hydrogen (secondary N) is 2. The van der Waals surface area contributed by atoms with Crippen LogP contribution in [0.5, 0.6) is 5.75 Å². The summed E-state index contributed by atoms with van der Waals surface area (Å²) in [6, 6.07) is 6.62. The van der Waals surface area contributed by atoms with Crippen molar-refractivity contribution in [1.29, 1.82) is 0 Å². The van der Waals surface area contributed by atoms with Gasteiger partial charge in [-0.15, -0.1) is 0 Å². The summed E-state index contributed by atoms with van der Waals surface area (Å²) >= 11 is 0. The summed E-state index contributed by atoms with van der Waals surface area (Å²) in [5, 5.41) is 5.12. The van der Waals surface area contributed by atoms with Crippen LogP contribution in [0.4, 0.5) is 0 Å². The van der Waals surface area contributed by atoms with Crippen molar-refractivity contribution in [1.82, 2.24) is 15.5 Å². The first-order valence-corrected chi connectivity index (χ1v) is 8.66. The second-order valence-corrected chi connectivity index (χ2v) is 6.19. The summed E-state index contributed by atoms with van der Waals surface area (Å²) in [6.07, 6.45) is 2.90. The van der Waals surface area contributed by atoms with Crippen molar-refractivity contribution >= 4 is 23.8 Å². The predicted molar refractivity (Wildman–Crippen MR) is 100 cm³/mol. The van der Waals surface area contributed by atoms with Crippen molar-refractivity contribution in [2.75, 3.05) is 33.9 Å². The summed E-state index contributed by atoms with van der Waals surface area (Å²) in [5.74, 6) is 0.00706. The first kappa shape index (κ1) is 20.4. The first-order chi connectivity index (χ1) is 12.9. The lowest BCUT2D eigenvalue weighted by Gasteiger charge is -2.40. The number of hydrogen-bond donors (Lipinski definition) is 2. The molecule has 27 heavy (non-hydrogen) atoms. The minimum Gasteiger partial charge on any atom is -0.497 e. The number of rotatable bonds is 8. The molecule has 146 valence electrons. The second-order valence-electron chi connectivity index (χ2n) is 6.19. The molecule has 1 aliphatic rings. The van der Waals surface area contributed by atoms with E-state index in [4.69, 9.17) is 9.47 Å². The Balaban J connectivity index is 1.73. The number of amides is 3. The summed E-state index contributed by atoms with van der Waals surface area (Å²) in [4.78, 5) is 37.0. The zero-order valence-electron chi connectivity index (χ0n) is 15.7. The number of methoxy groups -OCH3 is 1. The van der Waals surface area contributed by atoms with Gasteiger partial charge in [0.05, 0.1) is 13.2 Å². The number of hydrogen-bond acceptors (Lipinski definition) is 5. The van der Waals surface area contributed by atoms with Gasteiger partial charge in [0.2, 0.25) is 17.7 Å². The zero-order chi connectivity index (χ0) is 19.8. The molecule has 0 bridgehead atoms. The highest BCUT2D eigenvalue weighted by atomic mass is 16.5. The third-order valence-electron chi connectivity index (χ3n) is 4.16. The van der Waals surface area contributed by atoms with Gasteiger partial charge in [-0.1, -0.05) is 12.1 Å². The molecule has 2 N–H and O–H groups in total. The van der Waals surface area contributed by atoms with E-state index in [0.29, 0.717) is 13.1 Å². The molecule has 1 fully saturated rings. The highest BCUT2D eigenvalue weighted by molar-refractivity contribution is 5.95. The third-order valence-corrected chi connectivity index (χ3v) is 4.16. The summed E-state index contributed by atoms with van der Waals surface area (Å²) in [6.45, 7) is 2.45. The van der Waals surface area contributed by atoms with Crippen LogP contribution in [0.2, 0.25) is 0 Å². The molecule has 1 aliphatic heterocycles. The van der Waals surface area contributed by atoms with E-state index in [9.17, 15) is 14.4 Å². The third kappa shape index (κ3) is 6.10. The van der Waals surface area contributed by atoms with Gasteiger partial charge < -0.3 is 25.0 Å². The molecular weight excluding hydrogens is 350 g/mol. The van der Waals surface area contributed by atoms with Crippen LogP contribution < -0.4 is 15.4 Å². The summed E-state index contributed by atoms with van der Waals surface area (Å²) in [7, 11) is 3.13. The fourth-order valence-electron chi connectivity index (χ4n) is 2.47. The van der Waals surface area contributed by atoms with Gasteiger partial charge in [-0.05, 0) is 30.7 Å². The Morgan fingerprint density at radius 2 is 1.93 bits per heavy atom. The van der Waals surface area contributed by atoms with E-state index in [2.05, 4.69) is 10.6 Å². The summed E-state index contributed by atoms with van der Waals surface area (Å²) < 4.78 is 10.4. The average molecular weight is 375 g/mol. The van der Waals surface area contributed by atoms with E-state index in [1.165, 1.54) is 13.1 Å². The van der Waals surface area contributed by atoms with Crippen molar-refractivity contribution in [3.8, 4) is 5.75 Å². The topological polar surface area (TPSA) is 97.0 Å². The number of likely N-dealkylation sites (tertiary alicyclic amines) is 1. The van der Waals surface area contributed by atoms with Crippen molar-refractivity contribution in [3.05, 3.63) is 35.9 Å². The molecule has 8 heteroatoms. The van der Waals surface area contributed by atoms with Gasteiger partial charge >= 0.3 is 0 Å². The molecule has 3 amide bonds. The normalized spacial score (nSPS) is 15.1. The SMILES string of the molecule is CNC(=O)COC1CN(C(=O)C(C)NC(=O)/C=C/c2ccc(OC)cc2)C1. The Labute approximate surface area is 158 Å². The van der Waals surface area contributed by atoms with Crippen molar-refractivity contribution in [2.45, 2.75) is 19.1 Å². The molecular formula is C19H25N3O5. The monoisotopic (exact) mass is 375 g/mol. The fraction of sp³-hybridized carbons (Fsp3) is 0.421. The maximum Gasteiger partial charge on any atom is 0.245 e. The van der Waals surface area contributed by atoms with Gasteiger partial charge in [0.15, 0.2) is 0 Å². The number of likely N-dealkylation sites (N-methyl/N-ethyl adjacent to an activating group) is 1. The Kier molecular flexibility index (Phi) is 7.36. The molecule has 1 aromatic rings. The zero-order valence-corrected chi connectivity index (χ0v) is 15.7. The molecule has 8 nitrogen and oxygen atoms in total. The lowest BCUT2D eigenvalue weighted by molar-refractivity contribution is -0.150. The predicted octanol–water partition coefficient (Wildman–Crippen LogP) is 0.187. The van der Waals surface area contributed by atoms with Crippen molar-refractivity contribution in [3.63, 3.8) is 0 Å². The number of ether oxygens (including phenoxy) is 2. The van der Waals surface area contributed by atoms with Gasteiger partial charge in [0.25, 0.3) is 0 Å². The fourth-order valence-corrected chi connectivity index (χ4v) is 2.47. The van der Waals surface area contributed by atoms with Gasteiger partial charge in [0, 0.05) is 26.2 Å². The minimum absolute atomic E-state index is 0.0222. The maximum absolute atomic E-state index is 12.3. The molecule has 1 unspecified atom stereocenters. The van der Waals surface area contributed by atoms with Gasteiger partial charge in [-0.2, -0.15) is 0 Å². The van der Waals surface area contributed by atoms with Crippen LogP contribution >= 0.6 is 0 Å². The molecule has 1 heterocycles. The quantitative estimate of drug-likeness (QED) is 0.632. The number of carbonyl (C=O) groups excluding carboxylic acids is 3. The highest BCUT2D eigenvalue weighted by Gasteiger charge is 2.34. The molecule has 1 aromatic carbocycles. The van der Waals surface area contributed by atoms with Crippen LogP contribution in [0.3, 0.4) is 0 Å². The molecule has 0 aliphatic carbocycles. The number of benzene rings is 1. The maximum atomic E-state index is 12.3. The largest absolute Gasteiger partial charge is 0.497 e. The molecule has 0 radical (unpaired) electrons. The second kappa shape index (κ2) is 9.72. The van der Waals surface area contributed by atoms with Crippen molar-refractivity contribution in [2.24, 2.45) is 0 Å². The van der Waals surface area contributed by atoms with Gasteiger partial charge in [0.1, 0.15) is 18.4 Å². The van der Waals surface area contributed by atoms with E-state index >= 15 is 0 Å². The van der Waals surface area contributed by atoms with E-state index in [1.54, 1.807) is 37.1 Å². The van der Waals surface area contributed by atoms with Crippen LogP contribution in [-0.4, -0.2) is 68.6 Å². The first-order valence-electron chi connectivity index (χ1n) is 8.66. The molecule has 1 saturated heterocycles. The van der Waals surface area contributed by atoms with Crippen LogP contribution in [0.25, 0.3) is 6.08 Å². The Morgan fingerprint density at radius 1 is 1.26 bits per heavy atom. The smallest absolute Gasteiger partial charge is 0.245 e. The number of nitrogens with zero attached hydrogens (tertiary/aromatic N) is 1. The minimum atomic E-state index is -0.641. The average Bonchev–Trinajstić information content (AvgIpc) is 2.64. The Morgan fingerprint density at radius 3 is 2.52 bits per heavy atom. The van der Waals surface area contributed by atoms with E-state index in [-0.39, 0.29) is 30.4 Å². The van der Waals surface area contributed by atoms with Crippen LogP contribution in [-0.2, 0) is 19.1 Å². The van der Waals surface area contributed by atoms with Gasteiger partial charge in [-0.3, -0.25) is 14.4 Å². The van der Waals surface area contributed by atoms with Crippen LogP contribution in [0.1, 0.15) is 12.5 Å². The molecule has 1 atom stereocenters. The van der Waals surface area contributed by atoms with Crippen LogP contribution in [0, 0.1) is 0 Å².